The number of amides is 1. The minimum absolute atomic E-state index is 0.151. The number of hydrogen-bond donors (Lipinski definition) is 3. The van der Waals surface area contributed by atoms with Crippen molar-refractivity contribution >= 4 is 22.8 Å². The van der Waals surface area contributed by atoms with Crippen molar-refractivity contribution in [3.8, 4) is 22.4 Å². The second-order valence-corrected chi connectivity index (χ2v) is 7.71. The molecule has 3 aromatic heterocycles. The van der Waals surface area contributed by atoms with E-state index in [0.717, 1.165) is 38.9 Å². The molecule has 32 heavy (non-hydrogen) atoms. The van der Waals surface area contributed by atoms with E-state index in [-0.39, 0.29) is 11.9 Å². The average Bonchev–Trinajstić information content (AvgIpc) is 3.43. The number of nitrogens with one attached hydrogen (secondary N) is 2. The second-order valence-electron chi connectivity index (χ2n) is 7.71. The Bertz CT molecular complexity index is 1490. The average molecular weight is 418 g/mol. The van der Waals surface area contributed by atoms with E-state index in [2.05, 4.69) is 37.6 Å². The Balaban J connectivity index is 1.47. The molecule has 0 spiro atoms. The van der Waals surface area contributed by atoms with Gasteiger partial charge in [-0.25, -0.2) is 4.98 Å². The number of rotatable bonds is 3. The highest BCUT2D eigenvalue weighted by Gasteiger charge is 2.32. The van der Waals surface area contributed by atoms with E-state index < -0.39 is 0 Å². The van der Waals surface area contributed by atoms with Gasteiger partial charge < -0.3 is 16.0 Å². The van der Waals surface area contributed by atoms with Gasteiger partial charge in [0.2, 0.25) is 0 Å². The lowest BCUT2D eigenvalue weighted by Gasteiger charge is -2.17. The molecule has 4 N–H and O–H groups in total. The number of fused-ring (bicyclic) bond motifs is 4. The van der Waals surface area contributed by atoms with Crippen LogP contribution in [0.3, 0.4) is 0 Å². The van der Waals surface area contributed by atoms with Crippen LogP contribution < -0.4 is 11.1 Å². The van der Waals surface area contributed by atoms with Gasteiger partial charge in [-0.2, -0.15) is 0 Å². The lowest BCUT2D eigenvalue weighted by Crippen LogP contribution is -2.28. The monoisotopic (exact) mass is 418 g/mol. The molecule has 0 saturated heterocycles. The molecule has 1 amide bonds. The Kier molecular flexibility index (Phi) is 4.01. The number of hydrogen-bond acceptors (Lipinski definition) is 5. The van der Waals surface area contributed by atoms with Crippen molar-refractivity contribution < 1.29 is 4.79 Å². The maximum Gasteiger partial charge on any atom is 0.252 e. The van der Waals surface area contributed by atoms with Crippen LogP contribution in [0.5, 0.6) is 0 Å². The van der Waals surface area contributed by atoms with Gasteiger partial charge in [-0.3, -0.25) is 4.79 Å². The van der Waals surface area contributed by atoms with Gasteiger partial charge in [0.15, 0.2) is 0 Å². The van der Waals surface area contributed by atoms with Crippen LogP contribution in [0.4, 0.5) is 5.82 Å². The molecular formula is C25H18N6O. The number of benzene rings is 2. The Hall–Kier alpha value is -4.52. The van der Waals surface area contributed by atoms with Crippen LogP contribution in [-0.4, -0.2) is 26.1 Å². The normalized spacial score (nSPS) is 14.2. The number of pyridine rings is 1. The van der Waals surface area contributed by atoms with E-state index in [1.165, 1.54) is 0 Å². The Morgan fingerprint density at radius 1 is 0.906 bits per heavy atom. The van der Waals surface area contributed by atoms with Crippen LogP contribution in [0.25, 0.3) is 33.4 Å². The first-order chi connectivity index (χ1) is 15.7. The van der Waals surface area contributed by atoms with Crippen LogP contribution in [-0.2, 0) is 0 Å². The molecular weight excluding hydrogens is 400 g/mol. The molecule has 5 aromatic rings. The Morgan fingerprint density at radius 2 is 1.75 bits per heavy atom. The molecule has 1 aliphatic rings. The van der Waals surface area contributed by atoms with Crippen molar-refractivity contribution in [2.75, 3.05) is 5.73 Å². The first-order valence-corrected chi connectivity index (χ1v) is 10.3. The van der Waals surface area contributed by atoms with Crippen molar-refractivity contribution in [1.29, 1.82) is 0 Å². The SMILES string of the molecule is Nc1ccc(-c2cccc3c2-c2ccccc2C3NC(=O)c2ccnc3[nH]ccc23)nn1. The quantitative estimate of drug-likeness (QED) is 0.409. The van der Waals surface area contributed by atoms with E-state index in [1.54, 1.807) is 24.5 Å². The van der Waals surface area contributed by atoms with Gasteiger partial charge >= 0.3 is 0 Å². The molecule has 7 nitrogen and oxygen atoms in total. The van der Waals surface area contributed by atoms with Gasteiger partial charge in [0.1, 0.15) is 11.5 Å². The highest BCUT2D eigenvalue weighted by molar-refractivity contribution is 6.06. The maximum absolute atomic E-state index is 13.3. The lowest BCUT2D eigenvalue weighted by atomic mass is 9.97. The number of nitrogen functional groups attached to an aromatic ring is 1. The third-order valence-electron chi connectivity index (χ3n) is 5.89. The number of carbonyl (C=O) groups is 1. The third-order valence-corrected chi connectivity index (χ3v) is 5.89. The van der Waals surface area contributed by atoms with Gasteiger partial charge in [-0.15, -0.1) is 10.2 Å². The molecule has 1 unspecified atom stereocenters. The topological polar surface area (TPSA) is 110 Å². The highest BCUT2D eigenvalue weighted by atomic mass is 16.1. The molecule has 0 saturated carbocycles. The van der Waals surface area contributed by atoms with Gasteiger partial charge in [0.05, 0.1) is 17.3 Å². The van der Waals surface area contributed by atoms with E-state index in [9.17, 15) is 4.79 Å². The molecule has 0 radical (unpaired) electrons. The number of nitrogens with zero attached hydrogens (tertiary/aromatic N) is 3. The van der Waals surface area contributed by atoms with Crippen LogP contribution in [0.2, 0.25) is 0 Å². The first kappa shape index (κ1) is 18.3. The van der Waals surface area contributed by atoms with E-state index in [1.807, 2.05) is 42.5 Å². The van der Waals surface area contributed by atoms with Gasteiger partial charge in [0.25, 0.3) is 5.91 Å². The van der Waals surface area contributed by atoms with Gasteiger partial charge in [-0.05, 0) is 46.5 Å². The van der Waals surface area contributed by atoms with E-state index in [4.69, 9.17) is 5.73 Å². The van der Waals surface area contributed by atoms with Crippen molar-refractivity contribution in [1.82, 2.24) is 25.5 Å². The summed E-state index contributed by atoms with van der Waals surface area (Å²) in [6, 6.07) is 21.1. The molecule has 1 atom stereocenters. The molecule has 6 rings (SSSR count). The first-order valence-electron chi connectivity index (χ1n) is 10.3. The van der Waals surface area contributed by atoms with Gasteiger partial charge in [-0.1, -0.05) is 42.5 Å². The van der Waals surface area contributed by atoms with Crippen LogP contribution >= 0.6 is 0 Å². The minimum atomic E-state index is -0.280. The highest BCUT2D eigenvalue weighted by Crippen LogP contribution is 2.47. The molecule has 0 bridgehead atoms. The third kappa shape index (κ3) is 2.75. The van der Waals surface area contributed by atoms with Gasteiger partial charge in [0, 0.05) is 23.3 Å². The predicted molar refractivity (Wildman–Crippen MR) is 123 cm³/mol. The number of carbonyl (C=O) groups excluding carboxylic acids is 1. The number of aromatic amines is 1. The zero-order valence-corrected chi connectivity index (χ0v) is 16.9. The molecule has 1 aliphatic carbocycles. The Labute approximate surface area is 183 Å². The zero-order chi connectivity index (χ0) is 21.7. The van der Waals surface area contributed by atoms with Crippen molar-refractivity contribution in [3.05, 3.63) is 95.8 Å². The summed E-state index contributed by atoms with van der Waals surface area (Å²) in [6.07, 6.45) is 3.43. The number of H-pyrrole nitrogens is 1. The molecule has 3 heterocycles. The summed E-state index contributed by atoms with van der Waals surface area (Å²) < 4.78 is 0. The van der Waals surface area contributed by atoms with Crippen molar-refractivity contribution in [2.24, 2.45) is 0 Å². The summed E-state index contributed by atoms with van der Waals surface area (Å²) >= 11 is 0. The fourth-order valence-corrected chi connectivity index (χ4v) is 4.48. The smallest absolute Gasteiger partial charge is 0.252 e. The maximum atomic E-state index is 13.3. The summed E-state index contributed by atoms with van der Waals surface area (Å²) in [4.78, 5) is 20.7. The summed E-state index contributed by atoms with van der Waals surface area (Å²) in [5, 5.41) is 12.3. The van der Waals surface area contributed by atoms with Crippen molar-refractivity contribution in [3.63, 3.8) is 0 Å². The van der Waals surface area contributed by atoms with E-state index >= 15 is 0 Å². The summed E-state index contributed by atoms with van der Waals surface area (Å²) in [5.41, 5.74) is 12.9. The molecule has 7 heteroatoms. The summed E-state index contributed by atoms with van der Waals surface area (Å²) in [5.74, 6) is 0.225. The Morgan fingerprint density at radius 3 is 2.62 bits per heavy atom. The van der Waals surface area contributed by atoms with Crippen LogP contribution in [0.15, 0.2) is 79.1 Å². The number of aromatic nitrogens is 4. The number of anilines is 1. The molecule has 0 aliphatic heterocycles. The zero-order valence-electron chi connectivity index (χ0n) is 16.9. The molecule has 154 valence electrons. The lowest BCUT2D eigenvalue weighted by molar-refractivity contribution is 0.0945. The minimum Gasteiger partial charge on any atom is -0.382 e. The largest absolute Gasteiger partial charge is 0.382 e. The summed E-state index contributed by atoms with van der Waals surface area (Å²) in [7, 11) is 0. The second kappa shape index (κ2) is 7.02. The molecule has 2 aromatic carbocycles. The predicted octanol–water partition coefficient (Wildman–Crippen LogP) is 4.10. The molecule has 0 fully saturated rings. The number of nitrogens with two attached hydrogens (primary N) is 1. The van der Waals surface area contributed by atoms with Crippen LogP contribution in [0.1, 0.15) is 27.5 Å². The van der Waals surface area contributed by atoms with Crippen LogP contribution in [0, 0.1) is 0 Å². The van der Waals surface area contributed by atoms with E-state index in [0.29, 0.717) is 17.0 Å². The standard InChI is InChI=1S/C25H18N6O/c26-21-9-8-20(30-31-21)18-6-3-7-19-22(18)14-4-1-2-5-15(14)23(19)29-25(32)17-11-13-28-24-16(17)10-12-27-24/h1-13,23H,(H2,26,31)(H,27,28)(H,29,32). The van der Waals surface area contributed by atoms with Crippen molar-refractivity contribution in [2.45, 2.75) is 6.04 Å². The fraction of sp³-hybridized carbons (Fsp3) is 0.0400. The fourth-order valence-electron chi connectivity index (χ4n) is 4.48. The summed E-state index contributed by atoms with van der Waals surface area (Å²) in [6.45, 7) is 0.